The van der Waals surface area contributed by atoms with E-state index in [-0.39, 0.29) is 11.7 Å². The van der Waals surface area contributed by atoms with Gasteiger partial charge in [-0.3, -0.25) is 4.79 Å². The Bertz CT molecular complexity index is 1080. The van der Waals surface area contributed by atoms with Crippen LogP contribution < -0.4 is 20.5 Å². The molecule has 8 nitrogen and oxygen atoms in total. The van der Waals surface area contributed by atoms with Crippen LogP contribution in [0.25, 0.3) is 11.0 Å². The molecule has 0 fully saturated rings. The van der Waals surface area contributed by atoms with E-state index in [2.05, 4.69) is 48.0 Å². The molecule has 8 heteroatoms. The van der Waals surface area contributed by atoms with E-state index in [1.165, 1.54) is 10.8 Å². The standard InChI is InChI=1S/C26H37N5O3/c1-5-8-10-22(6-2)34-31-24(32)16-11-20-19-27-26(29-25(20)31)28-21-12-14-23(15-13-21)33-18-9-17-30(4)7-3/h11-16,19,22H,5-10,17-18H2,1-4H3,(H,27,28,29). The minimum Gasteiger partial charge on any atom is -0.494 e. The average molecular weight is 468 g/mol. The molecule has 0 aliphatic rings. The number of aromatic nitrogens is 3. The van der Waals surface area contributed by atoms with Gasteiger partial charge < -0.3 is 19.8 Å². The normalized spacial score (nSPS) is 12.1. The molecule has 0 aliphatic heterocycles. The highest BCUT2D eigenvalue weighted by molar-refractivity contribution is 5.75. The van der Waals surface area contributed by atoms with Crippen LogP contribution in [0.3, 0.4) is 0 Å². The number of nitrogens with one attached hydrogen (secondary N) is 1. The Labute approximate surface area is 201 Å². The number of rotatable bonds is 14. The highest BCUT2D eigenvalue weighted by atomic mass is 16.7. The number of fused-ring (bicyclic) bond motifs is 1. The summed E-state index contributed by atoms with van der Waals surface area (Å²) >= 11 is 0. The summed E-state index contributed by atoms with van der Waals surface area (Å²) in [4.78, 5) is 29.9. The topological polar surface area (TPSA) is 81.5 Å². The minimum absolute atomic E-state index is 0.0375. The highest BCUT2D eigenvalue weighted by Gasteiger charge is 2.13. The number of hydrogen-bond donors (Lipinski definition) is 1. The van der Waals surface area contributed by atoms with E-state index in [1.54, 1.807) is 12.3 Å². The number of anilines is 2. The first-order valence-electron chi connectivity index (χ1n) is 12.3. The van der Waals surface area contributed by atoms with E-state index in [4.69, 9.17) is 9.57 Å². The smallest absolute Gasteiger partial charge is 0.285 e. The fourth-order valence-corrected chi connectivity index (χ4v) is 3.52. The van der Waals surface area contributed by atoms with Gasteiger partial charge in [-0.1, -0.05) is 27.2 Å². The summed E-state index contributed by atoms with van der Waals surface area (Å²) in [7, 11) is 2.11. The quantitative estimate of drug-likeness (QED) is 0.346. The van der Waals surface area contributed by atoms with Crippen molar-refractivity contribution in [1.82, 2.24) is 19.6 Å². The van der Waals surface area contributed by atoms with Crippen molar-refractivity contribution < 1.29 is 9.57 Å². The van der Waals surface area contributed by atoms with Crippen LogP contribution in [0.5, 0.6) is 5.75 Å². The molecule has 2 aromatic heterocycles. The van der Waals surface area contributed by atoms with Crippen molar-refractivity contribution >= 4 is 22.7 Å². The first-order valence-corrected chi connectivity index (χ1v) is 12.3. The lowest BCUT2D eigenvalue weighted by Gasteiger charge is -2.19. The van der Waals surface area contributed by atoms with Gasteiger partial charge in [0.15, 0.2) is 5.65 Å². The van der Waals surface area contributed by atoms with Gasteiger partial charge in [-0.25, -0.2) is 4.98 Å². The number of ether oxygens (including phenoxy) is 1. The Morgan fingerprint density at radius 3 is 2.59 bits per heavy atom. The van der Waals surface area contributed by atoms with Crippen molar-refractivity contribution in [3.05, 3.63) is 52.9 Å². The number of benzene rings is 1. The SMILES string of the molecule is CCCCC(CC)On1c(=O)ccc2cnc(Nc3ccc(OCCCN(C)CC)cc3)nc21. The Morgan fingerprint density at radius 1 is 1.09 bits per heavy atom. The molecule has 0 saturated heterocycles. The van der Waals surface area contributed by atoms with Gasteiger partial charge in [-0.05, 0) is 69.6 Å². The van der Waals surface area contributed by atoms with Crippen molar-refractivity contribution in [2.45, 2.75) is 59.0 Å². The zero-order valence-corrected chi connectivity index (χ0v) is 20.8. The van der Waals surface area contributed by atoms with Crippen molar-refractivity contribution in [3.63, 3.8) is 0 Å². The lowest BCUT2D eigenvalue weighted by molar-refractivity contribution is 0.0289. The Balaban J connectivity index is 1.69. The van der Waals surface area contributed by atoms with Crippen LogP contribution in [0.4, 0.5) is 11.6 Å². The second-order valence-corrected chi connectivity index (χ2v) is 8.46. The molecule has 0 spiro atoms. The summed E-state index contributed by atoms with van der Waals surface area (Å²) in [6.45, 7) is 9.09. The third-order valence-corrected chi connectivity index (χ3v) is 5.79. The second kappa shape index (κ2) is 12.9. The lowest BCUT2D eigenvalue weighted by atomic mass is 10.1. The van der Waals surface area contributed by atoms with E-state index in [9.17, 15) is 4.79 Å². The predicted octanol–water partition coefficient (Wildman–Crippen LogP) is 4.65. The van der Waals surface area contributed by atoms with Gasteiger partial charge in [-0.2, -0.15) is 4.98 Å². The molecule has 3 aromatic rings. The largest absolute Gasteiger partial charge is 0.494 e. The monoisotopic (exact) mass is 467 g/mol. The maximum absolute atomic E-state index is 12.6. The zero-order valence-electron chi connectivity index (χ0n) is 20.8. The molecular formula is C26H37N5O3. The molecule has 34 heavy (non-hydrogen) atoms. The third kappa shape index (κ3) is 7.18. The fraction of sp³-hybridized carbons (Fsp3) is 0.500. The zero-order chi connectivity index (χ0) is 24.3. The van der Waals surface area contributed by atoms with Gasteiger partial charge in [0.2, 0.25) is 5.95 Å². The Kier molecular flexibility index (Phi) is 9.70. The van der Waals surface area contributed by atoms with Gasteiger partial charge in [-0.15, -0.1) is 4.73 Å². The molecule has 3 rings (SSSR count). The van der Waals surface area contributed by atoms with Crippen LogP contribution in [0.2, 0.25) is 0 Å². The van der Waals surface area contributed by atoms with E-state index in [0.29, 0.717) is 18.2 Å². The summed E-state index contributed by atoms with van der Waals surface area (Å²) in [5.74, 6) is 1.22. The molecular weight excluding hydrogens is 430 g/mol. The summed E-state index contributed by atoms with van der Waals surface area (Å²) in [6, 6.07) is 10.9. The third-order valence-electron chi connectivity index (χ3n) is 5.79. The number of hydrogen-bond acceptors (Lipinski definition) is 7. The molecule has 0 bridgehead atoms. The van der Waals surface area contributed by atoms with E-state index in [1.807, 2.05) is 24.3 Å². The average Bonchev–Trinajstić information content (AvgIpc) is 2.86. The summed E-state index contributed by atoms with van der Waals surface area (Å²) in [6.07, 6.45) is 6.50. The van der Waals surface area contributed by atoms with Crippen LogP contribution >= 0.6 is 0 Å². The van der Waals surface area contributed by atoms with Gasteiger partial charge in [0.1, 0.15) is 11.9 Å². The molecule has 0 aliphatic carbocycles. The van der Waals surface area contributed by atoms with Crippen LogP contribution in [-0.4, -0.2) is 52.4 Å². The van der Waals surface area contributed by atoms with Crippen molar-refractivity contribution in [1.29, 1.82) is 0 Å². The molecule has 0 saturated carbocycles. The van der Waals surface area contributed by atoms with Gasteiger partial charge in [0.05, 0.1) is 6.61 Å². The van der Waals surface area contributed by atoms with Crippen LogP contribution in [0.15, 0.2) is 47.4 Å². The minimum atomic E-state index is -0.237. The van der Waals surface area contributed by atoms with Crippen molar-refractivity contribution in [2.24, 2.45) is 0 Å². The molecule has 2 heterocycles. The maximum atomic E-state index is 12.6. The van der Waals surface area contributed by atoms with E-state index in [0.717, 1.165) is 62.0 Å². The predicted molar refractivity (Wildman–Crippen MR) is 137 cm³/mol. The lowest BCUT2D eigenvalue weighted by Crippen LogP contribution is -2.33. The van der Waals surface area contributed by atoms with Crippen LogP contribution in [-0.2, 0) is 0 Å². The highest BCUT2D eigenvalue weighted by Crippen LogP contribution is 2.20. The molecule has 184 valence electrons. The summed E-state index contributed by atoms with van der Waals surface area (Å²) in [5, 5.41) is 3.95. The van der Waals surface area contributed by atoms with Crippen LogP contribution in [0, 0.1) is 0 Å². The summed E-state index contributed by atoms with van der Waals surface area (Å²) in [5.41, 5.74) is 1.05. The maximum Gasteiger partial charge on any atom is 0.285 e. The molecule has 1 aromatic carbocycles. The summed E-state index contributed by atoms with van der Waals surface area (Å²) < 4.78 is 7.13. The number of pyridine rings is 1. The molecule has 1 atom stereocenters. The molecule has 0 radical (unpaired) electrons. The molecule has 0 amide bonds. The Morgan fingerprint density at radius 2 is 1.88 bits per heavy atom. The van der Waals surface area contributed by atoms with Crippen molar-refractivity contribution in [2.75, 3.05) is 32.1 Å². The van der Waals surface area contributed by atoms with Gasteiger partial charge in [0.25, 0.3) is 5.56 Å². The number of nitrogens with zero attached hydrogens (tertiary/aromatic N) is 4. The first-order chi connectivity index (χ1) is 16.5. The van der Waals surface area contributed by atoms with E-state index >= 15 is 0 Å². The first kappa shape index (κ1) is 25.5. The van der Waals surface area contributed by atoms with Crippen LogP contribution in [0.1, 0.15) is 52.9 Å². The van der Waals surface area contributed by atoms with Gasteiger partial charge >= 0.3 is 0 Å². The van der Waals surface area contributed by atoms with E-state index < -0.39 is 0 Å². The number of unbranched alkanes of at least 4 members (excludes halogenated alkanes) is 1. The Hall–Kier alpha value is -3.13. The fourth-order valence-electron chi connectivity index (χ4n) is 3.52. The van der Waals surface area contributed by atoms with Crippen molar-refractivity contribution in [3.8, 4) is 5.75 Å². The second-order valence-electron chi connectivity index (χ2n) is 8.46. The van der Waals surface area contributed by atoms with Gasteiger partial charge in [0, 0.05) is 29.9 Å². The molecule has 1 unspecified atom stereocenters. The molecule has 1 N–H and O–H groups in total.